The number of esters is 1. The molecule has 0 atom stereocenters. The van der Waals surface area contributed by atoms with Gasteiger partial charge in [-0.05, 0) is 56.2 Å². The third-order valence-corrected chi connectivity index (χ3v) is 8.13. The molecule has 1 aromatic heterocycles. The van der Waals surface area contributed by atoms with Gasteiger partial charge in [0.25, 0.3) is 0 Å². The van der Waals surface area contributed by atoms with Crippen molar-refractivity contribution in [1.29, 1.82) is 0 Å². The first-order valence-electron chi connectivity index (χ1n) is 11.1. The number of piperidine rings is 1. The van der Waals surface area contributed by atoms with Crippen molar-refractivity contribution in [2.24, 2.45) is 5.92 Å². The number of Topliss-reactive ketones (excluding diaryl/α,β-unsaturated/α-hetero) is 1. The van der Waals surface area contributed by atoms with Gasteiger partial charge in [-0.2, -0.15) is 4.31 Å². The minimum absolute atomic E-state index is 0.0851. The second kappa shape index (κ2) is 8.70. The first-order valence-corrected chi connectivity index (χ1v) is 12.5. The number of ketones is 1. The van der Waals surface area contributed by atoms with Crippen LogP contribution in [-0.4, -0.2) is 37.6 Å². The number of nitrogens with zero attached hydrogens (tertiary/aromatic N) is 1. The second-order valence-corrected chi connectivity index (χ2v) is 10.4. The van der Waals surface area contributed by atoms with Gasteiger partial charge >= 0.3 is 5.97 Å². The maximum absolute atomic E-state index is 13.0. The van der Waals surface area contributed by atoms with Gasteiger partial charge in [-0.15, -0.1) is 0 Å². The quantitative estimate of drug-likeness (QED) is 0.233. The molecule has 0 amide bonds. The lowest BCUT2D eigenvalue weighted by atomic mass is 9.98. The predicted molar refractivity (Wildman–Crippen MR) is 127 cm³/mol. The van der Waals surface area contributed by atoms with E-state index in [1.54, 1.807) is 30.3 Å². The number of fused-ring (bicyclic) bond motifs is 3. The van der Waals surface area contributed by atoms with Gasteiger partial charge in [0.2, 0.25) is 10.0 Å². The number of ether oxygens (including phenoxy) is 1. The zero-order chi connectivity index (χ0) is 23.9. The third kappa shape index (κ3) is 4.10. The monoisotopic (exact) mass is 477 g/mol. The fourth-order valence-corrected chi connectivity index (χ4v) is 5.84. The molecule has 0 radical (unpaired) electrons. The normalized spacial score (nSPS) is 15.6. The van der Waals surface area contributed by atoms with Crippen LogP contribution in [0.25, 0.3) is 21.9 Å². The zero-order valence-corrected chi connectivity index (χ0v) is 19.4. The van der Waals surface area contributed by atoms with Gasteiger partial charge in [0.05, 0.1) is 10.8 Å². The molecule has 4 aromatic rings. The predicted octanol–water partition coefficient (Wildman–Crippen LogP) is 4.79. The van der Waals surface area contributed by atoms with Gasteiger partial charge in [0.1, 0.15) is 16.9 Å². The number of para-hydroxylation sites is 1. The van der Waals surface area contributed by atoms with E-state index in [0.717, 1.165) is 16.4 Å². The van der Waals surface area contributed by atoms with E-state index in [1.165, 1.54) is 23.4 Å². The maximum Gasteiger partial charge on any atom is 0.314 e. The highest BCUT2D eigenvalue weighted by atomic mass is 32.2. The molecule has 5 rings (SSSR count). The van der Waals surface area contributed by atoms with Gasteiger partial charge in [-0.1, -0.05) is 30.3 Å². The smallest absolute Gasteiger partial charge is 0.314 e. The second-order valence-electron chi connectivity index (χ2n) is 8.44. The maximum atomic E-state index is 13.0. The number of rotatable bonds is 5. The summed E-state index contributed by atoms with van der Waals surface area (Å²) in [6.45, 7) is 1.81. The first-order chi connectivity index (χ1) is 16.3. The van der Waals surface area contributed by atoms with Crippen molar-refractivity contribution in [3.8, 4) is 5.75 Å². The van der Waals surface area contributed by atoms with Gasteiger partial charge in [-0.25, -0.2) is 8.42 Å². The molecule has 2 heterocycles. The van der Waals surface area contributed by atoms with E-state index in [0.29, 0.717) is 29.7 Å². The molecule has 8 heteroatoms. The van der Waals surface area contributed by atoms with Crippen LogP contribution in [0.15, 0.2) is 76.0 Å². The van der Waals surface area contributed by atoms with E-state index in [1.807, 2.05) is 24.3 Å². The summed E-state index contributed by atoms with van der Waals surface area (Å²) in [6.07, 6.45) is 0.725. The molecule has 1 aliphatic heterocycles. The van der Waals surface area contributed by atoms with Crippen LogP contribution >= 0.6 is 0 Å². The van der Waals surface area contributed by atoms with Crippen LogP contribution in [0, 0.1) is 5.92 Å². The van der Waals surface area contributed by atoms with E-state index in [9.17, 15) is 18.0 Å². The minimum Gasteiger partial charge on any atom is -0.456 e. The van der Waals surface area contributed by atoms with Crippen LogP contribution in [0.1, 0.15) is 30.1 Å². The molecule has 174 valence electrons. The molecule has 0 spiro atoms. The van der Waals surface area contributed by atoms with E-state index in [2.05, 4.69) is 0 Å². The average molecular weight is 478 g/mol. The van der Waals surface area contributed by atoms with Crippen molar-refractivity contribution in [3.05, 3.63) is 72.3 Å². The summed E-state index contributed by atoms with van der Waals surface area (Å²) in [7, 11) is -3.75. The first kappa shape index (κ1) is 22.3. The van der Waals surface area contributed by atoms with Crippen LogP contribution in [0.5, 0.6) is 5.75 Å². The lowest BCUT2D eigenvalue weighted by molar-refractivity contribution is -0.140. The lowest BCUT2D eigenvalue weighted by Gasteiger charge is -2.30. The number of hydrogen-bond acceptors (Lipinski definition) is 6. The fraction of sp³-hybridized carbons (Fsp3) is 0.231. The minimum atomic E-state index is -3.75. The number of sulfonamides is 1. The Balaban J connectivity index is 1.27. The Morgan fingerprint density at radius 2 is 1.65 bits per heavy atom. The zero-order valence-electron chi connectivity index (χ0n) is 18.6. The molecule has 1 fully saturated rings. The number of carbonyl (C=O) groups excluding carboxylic acids is 2. The summed E-state index contributed by atoms with van der Waals surface area (Å²) in [5.74, 6) is -0.533. The van der Waals surface area contributed by atoms with Crippen LogP contribution in [-0.2, 0) is 14.8 Å². The van der Waals surface area contributed by atoms with Crippen molar-refractivity contribution in [2.45, 2.75) is 24.7 Å². The molecule has 7 nitrogen and oxygen atoms in total. The molecular weight excluding hydrogens is 454 g/mol. The molecule has 0 saturated carbocycles. The Morgan fingerprint density at radius 1 is 0.912 bits per heavy atom. The van der Waals surface area contributed by atoms with E-state index in [4.69, 9.17) is 9.15 Å². The topological polar surface area (TPSA) is 93.9 Å². The summed E-state index contributed by atoms with van der Waals surface area (Å²) in [4.78, 5) is 24.5. The van der Waals surface area contributed by atoms with Crippen molar-refractivity contribution in [1.82, 2.24) is 4.31 Å². The Hall–Kier alpha value is -3.49. The summed E-state index contributed by atoms with van der Waals surface area (Å²) in [5.41, 5.74) is 1.83. The Kier molecular flexibility index (Phi) is 5.71. The van der Waals surface area contributed by atoms with Crippen molar-refractivity contribution in [2.75, 3.05) is 13.1 Å². The largest absolute Gasteiger partial charge is 0.456 e. The van der Waals surface area contributed by atoms with Gasteiger partial charge in [0.15, 0.2) is 5.78 Å². The van der Waals surface area contributed by atoms with Crippen molar-refractivity contribution in [3.63, 3.8) is 0 Å². The van der Waals surface area contributed by atoms with Crippen LogP contribution in [0.2, 0.25) is 0 Å². The van der Waals surface area contributed by atoms with E-state index in [-0.39, 0.29) is 29.7 Å². The van der Waals surface area contributed by atoms with E-state index < -0.39 is 15.9 Å². The van der Waals surface area contributed by atoms with Crippen LogP contribution in [0.3, 0.4) is 0 Å². The van der Waals surface area contributed by atoms with Gasteiger partial charge in [-0.3, -0.25) is 9.59 Å². The van der Waals surface area contributed by atoms with Gasteiger partial charge < -0.3 is 9.15 Å². The molecule has 3 aromatic carbocycles. The molecule has 0 N–H and O–H groups in total. The molecule has 0 unspecified atom stereocenters. The highest BCUT2D eigenvalue weighted by molar-refractivity contribution is 7.89. The Morgan fingerprint density at radius 3 is 2.41 bits per heavy atom. The molecule has 0 bridgehead atoms. The van der Waals surface area contributed by atoms with Gasteiger partial charge in [0, 0.05) is 29.4 Å². The number of hydrogen-bond donors (Lipinski definition) is 0. The highest BCUT2D eigenvalue weighted by Crippen LogP contribution is 2.32. The molecule has 1 saturated heterocycles. The SMILES string of the molecule is CC(=O)c1cccc(S(=O)(=O)N2CCC(C(=O)Oc3ccc4oc5ccccc5c4c3)CC2)c1. The molecule has 0 aliphatic carbocycles. The summed E-state index contributed by atoms with van der Waals surface area (Å²) >= 11 is 0. The fourth-order valence-electron chi connectivity index (χ4n) is 4.32. The van der Waals surface area contributed by atoms with Crippen molar-refractivity contribution >= 4 is 43.7 Å². The Bertz CT molecular complexity index is 1510. The van der Waals surface area contributed by atoms with E-state index >= 15 is 0 Å². The summed E-state index contributed by atoms with van der Waals surface area (Å²) in [5, 5.41) is 1.82. The number of carbonyl (C=O) groups is 2. The number of furan rings is 1. The lowest BCUT2D eigenvalue weighted by Crippen LogP contribution is -2.41. The Labute approximate surface area is 197 Å². The highest BCUT2D eigenvalue weighted by Gasteiger charge is 2.33. The van der Waals surface area contributed by atoms with Crippen LogP contribution < -0.4 is 4.74 Å². The molecule has 1 aliphatic rings. The molecular formula is C26H23NO6S. The third-order valence-electron chi connectivity index (χ3n) is 6.23. The summed E-state index contributed by atoms with van der Waals surface area (Å²) in [6, 6.07) is 19.0. The average Bonchev–Trinajstić information content (AvgIpc) is 3.22. The molecule has 34 heavy (non-hydrogen) atoms. The van der Waals surface area contributed by atoms with Crippen molar-refractivity contribution < 1.29 is 27.2 Å². The number of benzene rings is 3. The summed E-state index contributed by atoms with van der Waals surface area (Å²) < 4.78 is 38.9. The standard InChI is InChI=1S/C26H23NO6S/c1-17(28)19-5-4-6-21(15-19)34(30,31)27-13-11-18(12-14-27)26(29)32-20-9-10-25-23(16-20)22-7-2-3-8-24(22)33-25/h2-10,15-16,18H,11-14H2,1H3. The van der Waals surface area contributed by atoms with Crippen LogP contribution in [0.4, 0.5) is 0 Å².